The zero-order chi connectivity index (χ0) is 32.7. The van der Waals surface area contributed by atoms with Gasteiger partial charge in [-0.25, -0.2) is 4.57 Å². The van der Waals surface area contributed by atoms with Gasteiger partial charge >= 0.3 is 8.25 Å². The molecule has 3 aromatic heterocycles. The van der Waals surface area contributed by atoms with E-state index in [9.17, 15) is 9.46 Å². The highest BCUT2D eigenvalue weighted by molar-refractivity contribution is 7.33. The van der Waals surface area contributed by atoms with E-state index in [1.54, 1.807) is 35.8 Å². The van der Waals surface area contributed by atoms with Gasteiger partial charge in [0.1, 0.15) is 11.5 Å². The van der Waals surface area contributed by atoms with Gasteiger partial charge in [-0.3, -0.25) is 0 Å². The Bertz CT molecular complexity index is 1590. The third kappa shape index (κ3) is 10.8. The second-order valence-electron chi connectivity index (χ2n) is 11.4. The Kier molecular flexibility index (Phi) is 15.3. The lowest BCUT2D eigenvalue weighted by Crippen LogP contribution is -2.11. The second-order valence-corrected chi connectivity index (χ2v) is 15.4. The maximum Gasteiger partial charge on any atom is 0.365 e. The van der Waals surface area contributed by atoms with Gasteiger partial charge in [-0.2, -0.15) is 0 Å². The summed E-state index contributed by atoms with van der Waals surface area (Å²) < 4.78 is 28.9. The first-order valence-electron chi connectivity index (χ1n) is 16.5. The van der Waals surface area contributed by atoms with E-state index in [0.717, 1.165) is 56.5 Å². The maximum atomic E-state index is 11.3. The van der Waals surface area contributed by atoms with Crippen LogP contribution >= 0.6 is 42.3 Å². The maximum absolute atomic E-state index is 11.3. The van der Waals surface area contributed by atoms with Crippen LogP contribution in [0.3, 0.4) is 0 Å². The molecule has 1 N–H and O–H groups in total. The summed E-state index contributed by atoms with van der Waals surface area (Å²) in [4.78, 5) is 14.8. The van der Waals surface area contributed by atoms with Crippen molar-refractivity contribution < 1.29 is 23.5 Å². The van der Waals surface area contributed by atoms with Gasteiger partial charge in [0.2, 0.25) is 0 Å². The molecule has 0 bridgehead atoms. The molecule has 2 atom stereocenters. The highest BCUT2D eigenvalue weighted by Gasteiger charge is 2.20. The molecule has 0 fully saturated rings. The van der Waals surface area contributed by atoms with Gasteiger partial charge in [-0.05, 0) is 67.3 Å². The third-order valence-electron chi connectivity index (χ3n) is 7.94. The summed E-state index contributed by atoms with van der Waals surface area (Å²) in [7, 11) is -1.40. The van der Waals surface area contributed by atoms with E-state index in [-0.39, 0.29) is 0 Å². The summed E-state index contributed by atoms with van der Waals surface area (Å²) in [5.74, 6) is 8.73. The number of rotatable bonds is 19. The van der Waals surface area contributed by atoms with Gasteiger partial charge in [-0.15, -0.1) is 22.7 Å². The van der Waals surface area contributed by atoms with Crippen LogP contribution in [0.25, 0.3) is 30.6 Å². The molecule has 1 aromatic carbocycles. The lowest BCUT2D eigenvalue weighted by atomic mass is 10.0. The van der Waals surface area contributed by atoms with Crippen molar-refractivity contribution in [3.05, 3.63) is 53.4 Å². The molecule has 4 aromatic rings. The lowest BCUT2D eigenvalue weighted by Gasteiger charge is -2.19. The fourth-order valence-electron chi connectivity index (χ4n) is 5.24. The number of ether oxygens (including phenoxy) is 2. The summed E-state index contributed by atoms with van der Waals surface area (Å²) in [6, 6.07) is 16.3. The van der Waals surface area contributed by atoms with Crippen molar-refractivity contribution >= 4 is 42.3 Å². The quantitative estimate of drug-likeness (QED) is 0.0600. The number of unbranched alkanes of at least 4 members (excludes halogenated alkanes) is 7. The average Bonchev–Trinajstić information content (AvgIpc) is 3.83. The Balaban J connectivity index is 1.56. The molecule has 0 saturated carbocycles. The normalized spacial score (nSPS) is 12.4. The zero-order valence-corrected chi connectivity index (χ0v) is 30.9. The van der Waals surface area contributed by atoms with Crippen molar-refractivity contribution in [2.75, 3.05) is 13.7 Å². The summed E-state index contributed by atoms with van der Waals surface area (Å²) in [5, 5.41) is 0.398. The monoisotopic (exact) mass is 698 g/mol. The third-order valence-corrected chi connectivity index (χ3v) is 11.8. The molecule has 0 aliphatic heterocycles. The summed E-state index contributed by atoms with van der Waals surface area (Å²) in [6.07, 6.45) is 13.2. The molecule has 2 unspecified atom stereocenters. The van der Waals surface area contributed by atoms with E-state index in [0.29, 0.717) is 17.6 Å². The number of hydrogen-bond acceptors (Lipinski definition) is 7. The molecule has 0 spiro atoms. The highest BCUT2D eigenvalue weighted by atomic mass is 32.1. The number of thiophene rings is 3. The topological polar surface area (TPSA) is 65.0 Å². The SMILES string of the molecule is CCCCCCCCC#Cc1ccc(-c2ccc(-c3cc(OCC(CC)CCCC)c(-c4ccc(O[PH](=O)O)s4)cc3OC)s2)s1. The molecule has 9 heteroatoms. The second kappa shape index (κ2) is 19.3. The van der Waals surface area contributed by atoms with Crippen LogP contribution in [0.4, 0.5) is 0 Å². The van der Waals surface area contributed by atoms with Crippen molar-refractivity contribution in [2.24, 2.45) is 5.92 Å². The van der Waals surface area contributed by atoms with Gasteiger partial charge in [0, 0.05) is 37.1 Å². The molecule has 248 valence electrons. The van der Waals surface area contributed by atoms with E-state index in [2.05, 4.69) is 62.9 Å². The first-order valence-corrected chi connectivity index (χ1v) is 20.2. The fraction of sp³-hybridized carbons (Fsp3) is 0.459. The first kappa shape index (κ1) is 36.3. The number of hydrogen-bond donors (Lipinski definition) is 1. The summed E-state index contributed by atoms with van der Waals surface area (Å²) >= 11 is 4.80. The largest absolute Gasteiger partial charge is 0.496 e. The van der Waals surface area contributed by atoms with Crippen LogP contribution in [-0.4, -0.2) is 18.6 Å². The minimum Gasteiger partial charge on any atom is -0.496 e. The van der Waals surface area contributed by atoms with Gasteiger partial charge in [0.25, 0.3) is 0 Å². The van der Waals surface area contributed by atoms with Gasteiger partial charge in [-0.1, -0.05) is 95.3 Å². The van der Waals surface area contributed by atoms with Crippen molar-refractivity contribution in [1.29, 1.82) is 0 Å². The van der Waals surface area contributed by atoms with Crippen LogP contribution in [0, 0.1) is 17.8 Å². The summed E-state index contributed by atoms with van der Waals surface area (Å²) in [5.41, 5.74) is 1.85. The molecule has 0 aliphatic rings. The van der Waals surface area contributed by atoms with E-state index in [1.165, 1.54) is 72.5 Å². The molecular weight excluding hydrogens is 652 g/mol. The van der Waals surface area contributed by atoms with Crippen LogP contribution in [-0.2, 0) is 4.57 Å². The van der Waals surface area contributed by atoms with Crippen molar-refractivity contribution in [2.45, 2.75) is 91.4 Å². The van der Waals surface area contributed by atoms with E-state index in [4.69, 9.17) is 14.0 Å². The van der Waals surface area contributed by atoms with E-state index in [1.807, 2.05) is 12.1 Å². The van der Waals surface area contributed by atoms with Crippen molar-refractivity contribution in [1.82, 2.24) is 0 Å². The average molecular weight is 699 g/mol. The standard InChI is InChI=1S/C37H47O5PS3/c1-5-8-10-11-12-13-14-15-17-28-18-19-35(44-28)36-21-20-33(45-36)29-25-32(41-26-27(7-3)16-9-6-2)30(24-31(29)40-4)34-22-23-37(46-34)42-43(38)39/h18-25,27,43H,5-14,16,26H2,1-4H3,(H,38,39). The number of methoxy groups -OCH3 is 1. The molecule has 0 radical (unpaired) electrons. The predicted octanol–water partition coefficient (Wildman–Crippen LogP) is 12.3. The van der Waals surface area contributed by atoms with E-state index < -0.39 is 8.25 Å². The van der Waals surface area contributed by atoms with Crippen LogP contribution in [0.2, 0.25) is 0 Å². The molecule has 3 heterocycles. The van der Waals surface area contributed by atoms with Gasteiger partial charge in [0.05, 0.1) is 18.6 Å². The van der Waals surface area contributed by atoms with Crippen molar-refractivity contribution in [3.8, 4) is 59.0 Å². The van der Waals surface area contributed by atoms with Crippen LogP contribution in [0.15, 0.2) is 48.5 Å². The smallest absolute Gasteiger partial charge is 0.365 e. The highest BCUT2D eigenvalue weighted by Crippen LogP contribution is 2.47. The molecule has 4 rings (SSSR count). The molecular formula is C37H47O5PS3. The van der Waals surface area contributed by atoms with E-state index >= 15 is 0 Å². The zero-order valence-electron chi connectivity index (χ0n) is 27.5. The summed E-state index contributed by atoms with van der Waals surface area (Å²) in [6.45, 7) is 7.31. The Hall–Kier alpha value is -2.53. The van der Waals surface area contributed by atoms with Crippen LogP contribution in [0.5, 0.6) is 16.6 Å². The van der Waals surface area contributed by atoms with Crippen molar-refractivity contribution in [3.63, 3.8) is 0 Å². The van der Waals surface area contributed by atoms with Crippen LogP contribution in [0.1, 0.15) is 96.3 Å². The predicted molar refractivity (Wildman–Crippen MR) is 198 cm³/mol. The molecule has 0 saturated heterocycles. The van der Waals surface area contributed by atoms with Gasteiger partial charge < -0.3 is 18.9 Å². The lowest BCUT2D eigenvalue weighted by molar-refractivity contribution is 0.234. The van der Waals surface area contributed by atoms with Gasteiger partial charge in [0.15, 0.2) is 5.06 Å². The minimum absolute atomic E-state index is 0.398. The first-order chi connectivity index (χ1) is 22.4. The Morgan fingerprint density at radius 3 is 2.20 bits per heavy atom. The Morgan fingerprint density at radius 1 is 0.783 bits per heavy atom. The van der Waals surface area contributed by atoms with Crippen LogP contribution < -0.4 is 14.0 Å². The molecule has 46 heavy (non-hydrogen) atoms. The molecule has 0 aliphatic carbocycles. The molecule has 0 amide bonds. The minimum atomic E-state index is -3.08. The number of benzene rings is 1. The Labute approximate surface area is 287 Å². The molecule has 5 nitrogen and oxygen atoms in total. The fourth-order valence-corrected chi connectivity index (χ4v) is 8.62. The Morgan fingerprint density at radius 2 is 1.43 bits per heavy atom.